The van der Waals surface area contributed by atoms with E-state index in [1.807, 2.05) is 19.1 Å². The molecular weight excluding hydrogens is 202 g/mol. The van der Waals surface area contributed by atoms with Crippen LogP contribution in [0.2, 0.25) is 0 Å². The van der Waals surface area contributed by atoms with E-state index in [1.54, 1.807) is 7.11 Å². The standard InChI is InChI=1S/C13H21NO2/c1-3-16-13-6-4-12(5-7-13)8-9-14-10-11-15-2/h4-7,14H,3,8-11H2,1-2H3. The van der Waals surface area contributed by atoms with Gasteiger partial charge in [0.1, 0.15) is 5.75 Å². The molecule has 0 amide bonds. The van der Waals surface area contributed by atoms with Crippen molar-refractivity contribution in [3.8, 4) is 5.75 Å². The van der Waals surface area contributed by atoms with Gasteiger partial charge >= 0.3 is 0 Å². The molecule has 0 spiro atoms. The second-order valence-electron chi connectivity index (χ2n) is 3.57. The summed E-state index contributed by atoms with van der Waals surface area (Å²) in [5, 5.41) is 3.32. The van der Waals surface area contributed by atoms with Crippen LogP contribution < -0.4 is 10.1 Å². The Balaban J connectivity index is 2.21. The largest absolute Gasteiger partial charge is 0.494 e. The van der Waals surface area contributed by atoms with Gasteiger partial charge in [-0.1, -0.05) is 12.1 Å². The van der Waals surface area contributed by atoms with E-state index in [1.165, 1.54) is 5.56 Å². The smallest absolute Gasteiger partial charge is 0.119 e. The van der Waals surface area contributed by atoms with E-state index in [0.717, 1.165) is 38.5 Å². The molecule has 0 bridgehead atoms. The van der Waals surface area contributed by atoms with Gasteiger partial charge in [-0.25, -0.2) is 0 Å². The maximum absolute atomic E-state index is 5.39. The van der Waals surface area contributed by atoms with Crippen molar-refractivity contribution < 1.29 is 9.47 Å². The molecule has 0 aliphatic rings. The molecule has 1 aromatic rings. The van der Waals surface area contributed by atoms with Crippen LogP contribution in [0.25, 0.3) is 0 Å². The highest BCUT2D eigenvalue weighted by molar-refractivity contribution is 5.27. The lowest BCUT2D eigenvalue weighted by atomic mass is 10.1. The van der Waals surface area contributed by atoms with E-state index in [0.29, 0.717) is 0 Å². The van der Waals surface area contributed by atoms with Crippen LogP contribution in [0.15, 0.2) is 24.3 Å². The molecule has 0 aromatic heterocycles. The van der Waals surface area contributed by atoms with Crippen LogP contribution in [-0.4, -0.2) is 33.4 Å². The van der Waals surface area contributed by atoms with E-state index in [9.17, 15) is 0 Å². The van der Waals surface area contributed by atoms with E-state index >= 15 is 0 Å². The highest BCUT2D eigenvalue weighted by Gasteiger charge is 1.95. The summed E-state index contributed by atoms with van der Waals surface area (Å²) in [4.78, 5) is 0. The Morgan fingerprint density at radius 1 is 1.12 bits per heavy atom. The number of ether oxygens (including phenoxy) is 2. The Kier molecular flexibility index (Phi) is 6.61. The fourth-order valence-corrected chi connectivity index (χ4v) is 1.45. The van der Waals surface area contributed by atoms with Crippen molar-refractivity contribution in [1.29, 1.82) is 0 Å². The summed E-state index contributed by atoms with van der Waals surface area (Å²) in [6, 6.07) is 8.27. The minimum atomic E-state index is 0.720. The molecule has 90 valence electrons. The van der Waals surface area contributed by atoms with E-state index < -0.39 is 0 Å². The molecule has 1 aromatic carbocycles. The van der Waals surface area contributed by atoms with Gasteiger partial charge in [0.25, 0.3) is 0 Å². The van der Waals surface area contributed by atoms with Crippen molar-refractivity contribution in [1.82, 2.24) is 5.32 Å². The van der Waals surface area contributed by atoms with Crippen LogP contribution in [0.3, 0.4) is 0 Å². The van der Waals surface area contributed by atoms with Gasteiger partial charge in [-0.2, -0.15) is 0 Å². The maximum atomic E-state index is 5.39. The lowest BCUT2D eigenvalue weighted by Crippen LogP contribution is -2.21. The first-order chi connectivity index (χ1) is 7.86. The molecule has 1 rings (SSSR count). The Morgan fingerprint density at radius 3 is 2.50 bits per heavy atom. The molecule has 16 heavy (non-hydrogen) atoms. The molecule has 3 nitrogen and oxygen atoms in total. The van der Waals surface area contributed by atoms with Crippen LogP contribution in [0.4, 0.5) is 0 Å². The zero-order valence-electron chi connectivity index (χ0n) is 10.2. The fourth-order valence-electron chi connectivity index (χ4n) is 1.45. The molecule has 0 aliphatic carbocycles. The average molecular weight is 223 g/mol. The van der Waals surface area contributed by atoms with Gasteiger partial charge in [-0.15, -0.1) is 0 Å². The molecular formula is C13H21NO2. The zero-order chi connectivity index (χ0) is 11.6. The Labute approximate surface area is 97.8 Å². The third-order valence-corrected chi connectivity index (χ3v) is 2.31. The molecule has 0 heterocycles. The second-order valence-corrected chi connectivity index (χ2v) is 3.57. The summed E-state index contributed by atoms with van der Waals surface area (Å²) in [6.07, 6.45) is 1.04. The third kappa shape index (κ3) is 5.14. The monoisotopic (exact) mass is 223 g/mol. The van der Waals surface area contributed by atoms with E-state index in [4.69, 9.17) is 9.47 Å². The molecule has 3 heteroatoms. The Bertz CT molecular complexity index is 272. The van der Waals surface area contributed by atoms with Crippen molar-refractivity contribution in [3.63, 3.8) is 0 Å². The predicted octanol–water partition coefficient (Wildman–Crippen LogP) is 1.86. The summed E-state index contributed by atoms with van der Waals surface area (Å²) >= 11 is 0. The molecule has 0 atom stereocenters. The van der Waals surface area contributed by atoms with Crippen LogP contribution in [0.5, 0.6) is 5.75 Å². The van der Waals surface area contributed by atoms with Gasteiger partial charge in [-0.05, 0) is 37.6 Å². The molecule has 0 saturated heterocycles. The summed E-state index contributed by atoms with van der Waals surface area (Å²) < 4.78 is 10.3. The minimum Gasteiger partial charge on any atom is -0.494 e. The average Bonchev–Trinajstić information content (AvgIpc) is 2.31. The second kappa shape index (κ2) is 8.13. The van der Waals surface area contributed by atoms with Crippen molar-refractivity contribution >= 4 is 0 Å². The minimum absolute atomic E-state index is 0.720. The summed E-state index contributed by atoms with van der Waals surface area (Å²) in [5.41, 5.74) is 1.33. The van der Waals surface area contributed by atoms with Crippen molar-refractivity contribution in [3.05, 3.63) is 29.8 Å². The first kappa shape index (κ1) is 13.0. The fraction of sp³-hybridized carbons (Fsp3) is 0.538. The van der Waals surface area contributed by atoms with E-state index in [-0.39, 0.29) is 0 Å². The lowest BCUT2D eigenvalue weighted by Gasteiger charge is -2.06. The quantitative estimate of drug-likeness (QED) is 0.682. The van der Waals surface area contributed by atoms with Crippen molar-refractivity contribution in [2.45, 2.75) is 13.3 Å². The van der Waals surface area contributed by atoms with Gasteiger partial charge in [0.05, 0.1) is 13.2 Å². The van der Waals surface area contributed by atoms with Gasteiger partial charge in [0.15, 0.2) is 0 Å². The van der Waals surface area contributed by atoms with Gasteiger partial charge < -0.3 is 14.8 Å². The van der Waals surface area contributed by atoms with Gasteiger partial charge in [0.2, 0.25) is 0 Å². The number of hydrogen-bond acceptors (Lipinski definition) is 3. The normalized spacial score (nSPS) is 10.4. The van der Waals surface area contributed by atoms with Crippen LogP contribution in [0, 0.1) is 0 Å². The first-order valence-electron chi connectivity index (χ1n) is 5.78. The number of hydrogen-bond donors (Lipinski definition) is 1. The molecule has 0 unspecified atom stereocenters. The third-order valence-electron chi connectivity index (χ3n) is 2.31. The molecule has 0 aliphatic heterocycles. The predicted molar refractivity (Wildman–Crippen MR) is 66.1 cm³/mol. The first-order valence-corrected chi connectivity index (χ1v) is 5.78. The number of benzene rings is 1. The zero-order valence-corrected chi connectivity index (χ0v) is 10.2. The Morgan fingerprint density at radius 2 is 1.88 bits per heavy atom. The summed E-state index contributed by atoms with van der Waals surface area (Å²) in [7, 11) is 1.72. The van der Waals surface area contributed by atoms with Crippen molar-refractivity contribution in [2.75, 3.05) is 33.4 Å². The molecule has 1 N–H and O–H groups in total. The van der Waals surface area contributed by atoms with Crippen LogP contribution in [0.1, 0.15) is 12.5 Å². The highest BCUT2D eigenvalue weighted by Crippen LogP contribution is 2.11. The topological polar surface area (TPSA) is 30.5 Å². The molecule has 0 radical (unpaired) electrons. The van der Waals surface area contributed by atoms with Crippen molar-refractivity contribution in [2.24, 2.45) is 0 Å². The lowest BCUT2D eigenvalue weighted by molar-refractivity contribution is 0.199. The number of nitrogens with one attached hydrogen (secondary N) is 1. The van der Waals surface area contributed by atoms with Gasteiger partial charge in [-0.3, -0.25) is 0 Å². The van der Waals surface area contributed by atoms with E-state index in [2.05, 4.69) is 17.4 Å². The number of methoxy groups -OCH3 is 1. The Hall–Kier alpha value is -1.06. The van der Waals surface area contributed by atoms with Gasteiger partial charge in [0, 0.05) is 13.7 Å². The summed E-state index contributed by atoms with van der Waals surface area (Å²) in [5.74, 6) is 0.943. The van der Waals surface area contributed by atoms with Crippen LogP contribution >= 0.6 is 0 Å². The molecule has 0 fully saturated rings. The maximum Gasteiger partial charge on any atom is 0.119 e. The highest BCUT2D eigenvalue weighted by atomic mass is 16.5. The summed E-state index contributed by atoms with van der Waals surface area (Å²) in [6.45, 7) is 5.37. The SMILES string of the molecule is CCOc1ccc(CCNCCOC)cc1. The van der Waals surface area contributed by atoms with Crippen LogP contribution in [-0.2, 0) is 11.2 Å². The number of rotatable bonds is 8. The molecule has 0 saturated carbocycles.